The quantitative estimate of drug-likeness (QED) is 0.568. The summed E-state index contributed by atoms with van der Waals surface area (Å²) in [6.45, 7) is 6.75. The van der Waals surface area contributed by atoms with Crippen LogP contribution in [0, 0.1) is 5.41 Å². The molecule has 122 valence electrons. The number of amides is 2. The van der Waals surface area contributed by atoms with E-state index in [0.717, 1.165) is 5.75 Å². The van der Waals surface area contributed by atoms with Crippen molar-refractivity contribution in [3.63, 3.8) is 0 Å². The Morgan fingerprint density at radius 2 is 1.73 bits per heavy atom. The molecule has 0 atom stereocenters. The third-order valence-electron chi connectivity index (χ3n) is 3.07. The van der Waals surface area contributed by atoms with Crippen LogP contribution in [-0.4, -0.2) is 37.4 Å². The Balaban J connectivity index is 2.36. The third-order valence-corrected chi connectivity index (χ3v) is 3.74. The van der Waals surface area contributed by atoms with Crippen LogP contribution in [0.15, 0.2) is 24.3 Å². The molecule has 0 radical (unpaired) electrons. The number of rotatable bonds is 8. The molecule has 22 heavy (non-hydrogen) atoms. The summed E-state index contributed by atoms with van der Waals surface area (Å²) in [5.74, 6) is 0.665. The number of benzene rings is 1. The zero-order valence-electron chi connectivity index (χ0n) is 13.2. The lowest BCUT2D eigenvalue weighted by molar-refractivity contribution is -0.128. The largest absolute Gasteiger partial charge is 0.494 e. The van der Waals surface area contributed by atoms with Gasteiger partial charge in [-0.1, -0.05) is 0 Å². The molecule has 0 unspecified atom stereocenters. The number of hydrogen-bond acceptors (Lipinski definition) is 3. The van der Waals surface area contributed by atoms with Crippen molar-refractivity contribution in [3.05, 3.63) is 29.8 Å². The van der Waals surface area contributed by atoms with Gasteiger partial charge >= 0.3 is 0 Å². The molecule has 1 aromatic carbocycles. The van der Waals surface area contributed by atoms with Crippen molar-refractivity contribution in [1.29, 1.82) is 0 Å². The average Bonchev–Trinajstić information content (AvgIpc) is 2.52. The number of hydrogen-bond donors (Lipinski definition) is 2. The Morgan fingerprint density at radius 1 is 1.14 bits per heavy atom. The average molecular weight is 327 g/mol. The summed E-state index contributed by atoms with van der Waals surface area (Å²) >= 11 is 5.73. The second-order valence-electron chi connectivity index (χ2n) is 5.49. The van der Waals surface area contributed by atoms with Gasteiger partial charge in [0.05, 0.1) is 12.0 Å². The van der Waals surface area contributed by atoms with Crippen molar-refractivity contribution < 1.29 is 14.3 Å². The number of carbonyl (C=O) groups excluding carboxylic acids is 2. The van der Waals surface area contributed by atoms with Gasteiger partial charge in [-0.3, -0.25) is 9.59 Å². The van der Waals surface area contributed by atoms with E-state index in [2.05, 4.69) is 10.6 Å². The Hall–Kier alpha value is -1.75. The van der Waals surface area contributed by atoms with Gasteiger partial charge in [0.1, 0.15) is 5.75 Å². The summed E-state index contributed by atoms with van der Waals surface area (Å²) in [6, 6.07) is 6.91. The molecule has 2 N–H and O–H groups in total. The fourth-order valence-electron chi connectivity index (χ4n) is 1.62. The molecule has 0 fully saturated rings. The standard InChI is InChI=1S/C16H23ClN2O3/c1-4-22-13-7-5-12(6-8-13)14(20)18-9-10-19-15(21)16(2,3)11-17/h5-8H,4,9-11H2,1-3H3,(H,18,20)(H,19,21). The SMILES string of the molecule is CCOc1ccc(C(=O)NCCNC(=O)C(C)(C)CCl)cc1. The predicted octanol–water partition coefficient (Wildman–Crippen LogP) is 2.20. The van der Waals surface area contributed by atoms with Crippen molar-refractivity contribution in [2.45, 2.75) is 20.8 Å². The summed E-state index contributed by atoms with van der Waals surface area (Å²) in [5.41, 5.74) is -0.0587. The minimum absolute atomic E-state index is 0.127. The molecule has 0 spiro atoms. The van der Waals surface area contributed by atoms with Crippen LogP contribution in [0.3, 0.4) is 0 Å². The molecule has 0 saturated carbocycles. The van der Waals surface area contributed by atoms with Gasteiger partial charge in [0, 0.05) is 24.5 Å². The zero-order valence-corrected chi connectivity index (χ0v) is 14.0. The second-order valence-corrected chi connectivity index (χ2v) is 5.75. The van der Waals surface area contributed by atoms with Gasteiger partial charge < -0.3 is 15.4 Å². The van der Waals surface area contributed by atoms with Gasteiger partial charge in [-0.05, 0) is 45.0 Å². The molecule has 0 aliphatic carbocycles. The van der Waals surface area contributed by atoms with Crippen molar-refractivity contribution >= 4 is 23.4 Å². The molecule has 0 heterocycles. The maximum Gasteiger partial charge on any atom is 0.251 e. The molecule has 0 bridgehead atoms. The second kappa shape index (κ2) is 8.63. The summed E-state index contributed by atoms with van der Waals surface area (Å²) in [7, 11) is 0. The lowest BCUT2D eigenvalue weighted by atomic mass is 9.95. The van der Waals surface area contributed by atoms with Gasteiger partial charge in [0.25, 0.3) is 5.91 Å². The first-order valence-electron chi connectivity index (χ1n) is 7.26. The first-order valence-corrected chi connectivity index (χ1v) is 7.79. The van der Waals surface area contributed by atoms with Crippen LogP contribution in [0.4, 0.5) is 0 Å². The minimum Gasteiger partial charge on any atom is -0.494 e. The van der Waals surface area contributed by atoms with E-state index in [1.54, 1.807) is 38.1 Å². The topological polar surface area (TPSA) is 67.4 Å². The molecule has 0 saturated heterocycles. The summed E-state index contributed by atoms with van der Waals surface area (Å²) in [5, 5.41) is 5.50. The van der Waals surface area contributed by atoms with Crippen LogP contribution in [0.25, 0.3) is 0 Å². The minimum atomic E-state index is -0.610. The lowest BCUT2D eigenvalue weighted by Crippen LogP contribution is -2.41. The zero-order chi connectivity index (χ0) is 16.6. The first-order chi connectivity index (χ1) is 10.4. The summed E-state index contributed by atoms with van der Waals surface area (Å²) < 4.78 is 5.32. The fourth-order valence-corrected chi connectivity index (χ4v) is 1.74. The van der Waals surface area contributed by atoms with E-state index in [1.807, 2.05) is 6.92 Å². The van der Waals surface area contributed by atoms with Crippen LogP contribution in [0.2, 0.25) is 0 Å². The van der Waals surface area contributed by atoms with E-state index in [0.29, 0.717) is 25.3 Å². The van der Waals surface area contributed by atoms with Gasteiger partial charge in [0.15, 0.2) is 0 Å². The smallest absolute Gasteiger partial charge is 0.251 e. The highest BCUT2D eigenvalue weighted by molar-refractivity contribution is 6.19. The predicted molar refractivity (Wildman–Crippen MR) is 87.5 cm³/mol. The number of alkyl halides is 1. The fraction of sp³-hybridized carbons (Fsp3) is 0.500. The van der Waals surface area contributed by atoms with Crippen LogP contribution in [0.1, 0.15) is 31.1 Å². The normalized spacial score (nSPS) is 10.9. The van der Waals surface area contributed by atoms with Crippen molar-refractivity contribution in [2.75, 3.05) is 25.6 Å². The van der Waals surface area contributed by atoms with E-state index in [4.69, 9.17) is 16.3 Å². The molecule has 2 amide bonds. The third kappa shape index (κ3) is 5.56. The van der Waals surface area contributed by atoms with E-state index in [1.165, 1.54) is 0 Å². The van der Waals surface area contributed by atoms with Crippen molar-refractivity contribution in [2.24, 2.45) is 5.41 Å². The van der Waals surface area contributed by atoms with Crippen molar-refractivity contribution in [3.8, 4) is 5.75 Å². The van der Waals surface area contributed by atoms with E-state index in [-0.39, 0.29) is 17.7 Å². The molecule has 1 rings (SSSR count). The van der Waals surface area contributed by atoms with Crippen LogP contribution >= 0.6 is 11.6 Å². The molecule has 5 nitrogen and oxygen atoms in total. The number of carbonyl (C=O) groups is 2. The molecular weight excluding hydrogens is 304 g/mol. The Labute approximate surface area is 136 Å². The lowest BCUT2D eigenvalue weighted by Gasteiger charge is -2.20. The van der Waals surface area contributed by atoms with E-state index in [9.17, 15) is 9.59 Å². The highest BCUT2D eigenvalue weighted by Gasteiger charge is 2.25. The van der Waals surface area contributed by atoms with Crippen molar-refractivity contribution in [1.82, 2.24) is 10.6 Å². The number of ether oxygens (including phenoxy) is 1. The molecule has 1 aromatic rings. The van der Waals surface area contributed by atoms with E-state index >= 15 is 0 Å². The van der Waals surface area contributed by atoms with Gasteiger partial charge in [-0.2, -0.15) is 0 Å². The maximum absolute atomic E-state index is 11.9. The first kappa shape index (κ1) is 18.3. The molecule has 0 aliphatic heterocycles. The van der Waals surface area contributed by atoms with Gasteiger partial charge in [-0.15, -0.1) is 11.6 Å². The Kier molecular flexibility index (Phi) is 7.18. The summed E-state index contributed by atoms with van der Waals surface area (Å²) in [4.78, 5) is 23.7. The van der Waals surface area contributed by atoms with Crippen LogP contribution in [0.5, 0.6) is 5.75 Å². The van der Waals surface area contributed by atoms with Gasteiger partial charge in [0.2, 0.25) is 5.91 Å². The van der Waals surface area contributed by atoms with Gasteiger partial charge in [-0.25, -0.2) is 0 Å². The molecule has 0 aromatic heterocycles. The monoisotopic (exact) mass is 326 g/mol. The Morgan fingerprint density at radius 3 is 2.27 bits per heavy atom. The van der Waals surface area contributed by atoms with E-state index < -0.39 is 5.41 Å². The Bertz CT molecular complexity index is 501. The van der Waals surface area contributed by atoms with Crippen LogP contribution < -0.4 is 15.4 Å². The highest BCUT2D eigenvalue weighted by atomic mass is 35.5. The highest BCUT2D eigenvalue weighted by Crippen LogP contribution is 2.16. The number of halogens is 1. The van der Waals surface area contributed by atoms with Crippen LogP contribution in [-0.2, 0) is 4.79 Å². The molecule has 6 heteroatoms. The maximum atomic E-state index is 11.9. The molecular formula is C16H23ClN2O3. The summed E-state index contributed by atoms with van der Waals surface area (Å²) in [6.07, 6.45) is 0. The number of nitrogens with one attached hydrogen (secondary N) is 2. The molecule has 0 aliphatic rings.